The highest BCUT2D eigenvalue weighted by molar-refractivity contribution is 5.94. The smallest absolute Gasteiger partial charge is 0.326 e. The molecule has 200 valence electrons. The number of nitrogens with zero attached hydrogens (tertiary/aromatic N) is 2. The van der Waals surface area contributed by atoms with Gasteiger partial charge in [-0.3, -0.25) is 14.4 Å². The van der Waals surface area contributed by atoms with Crippen LogP contribution in [-0.2, 0) is 32.0 Å². The Balaban J connectivity index is 1.76. The first kappa shape index (κ1) is 27.7. The van der Waals surface area contributed by atoms with E-state index in [0.717, 1.165) is 0 Å². The fourth-order valence-corrected chi connectivity index (χ4v) is 4.34. The lowest BCUT2D eigenvalue weighted by Gasteiger charge is -2.30. The van der Waals surface area contributed by atoms with Crippen LogP contribution in [0.1, 0.15) is 37.9 Å². The highest BCUT2D eigenvalue weighted by atomic mass is 16.4. The van der Waals surface area contributed by atoms with Crippen molar-refractivity contribution >= 4 is 23.7 Å². The van der Waals surface area contributed by atoms with Gasteiger partial charge in [-0.15, -0.1) is 0 Å². The molecule has 0 saturated carbocycles. The van der Waals surface area contributed by atoms with Gasteiger partial charge in [0.25, 0.3) is 0 Å². The number of imidazole rings is 1. The molecule has 1 aromatic heterocycles. The van der Waals surface area contributed by atoms with E-state index in [0.29, 0.717) is 24.1 Å². The molecule has 0 aliphatic carbocycles. The molecular weight excluding hydrogens is 480 g/mol. The summed E-state index contributed by atoms with van der Waals surface area (Å²) in [5, 5.41) is 24.5. The van der Waals surface area contributed by atoms with Gasteiger partial charge in [-0.2, -0.15) is 0 Å². The Kier molecular flexibility index (Phi) is 9.23. The van der Waals surface area contributed by atoms with Crippen LogP contribution in [-0.4, -0.2) is 79.5 Å². The van der Waals surface area contributed by atoms with Crippen molar-refractivity contribution in [1.82, 2.24) is 25.5 Å². The zero-order chi connectivity index (χ0) is 27.1. The molecule has 12 nitrogen and oxygen atoms in total. The van der Waals surface area contributed by atoms with Crippen LogP contribution in [0.4, 0.5) is 0 Å². The van der Waals surface area contributed by atoms with E-state index < -0.39 is 47.9 Å². The number of aromatic amines is 1. The molecular formula is C25H34N6O6. The van der Waals surface area contributed by atoms with Crippen LogP contribution < -0.4 is 16.4 Å². The lowest BCUT2D eigenvalue weighted by atomic mass is 9.99. The first-order valence-corrected chi connectivity index (χ1v) is 12.2. The van der Waals surface area contributed by atoms with E-state index in [1.807, 2.05) is 0 Å². The van der Waals surface area contributed by atoms with E-state index in [-0.39, 0.29) is 31.1 Å². The van der Waals surface area contributed by atoms with Crippen LogP contribution in [0.3, 0.4) is 0 Å². The van der Waals surface area contributed by atoms with Crippen LogP contribution >= 0.6 is 0 Å². The molecule has 0 spiro atoms. The molecule has 7 N–H and O–H groups in total. The zero-order valence-corrected chi connectivity index (χ0v) is 20.9. The second kappa shape index (κ2) is 12.3. The van der Waals surface area contributed by atoms with Gasteiger partial charge in [-0.1, -0.05) is 26.0 Å². The lowest BCUT2D eigenvalue weighted by molar-refractivity contribution is -0.149. The van der Waals surface area contributed by atoms with Gasteiger partial charge in [-0.25, -0.2) is 9.78 Å². The maximum absolute atomic E-state index is 13.4. The molecule has 3 amide bonds. The predicted molar refractivity (Wildman–Crippen MR) is 133 cm³/mol. The summed E-state index contributed by atoms with van der Waals surface area (Å²) >= 11 is 0. The molecule has 1 aliphatic heterocycles. The number of carboxylic acid groups (broad SMARTS) is 1. The van der Waals surface area contributed by atoms with Crippen LogP contribution in [0.2, 0.25) is 0 Å². The number of carboxylic acids is 1. The molecule has 1 aliphatic rings. The van der Waals surface area contributed by atoms with Crippen LogP contribution in [0, 0.1) is 5.92 Å². The number of nitrogens with one attached hydrogen (secondary N) is 3. The average Bonchev–Trinajstić information content (AvgIpc) is 3.55. The SMILES string of the molecule is CC(C)C(NC(=O)C(N)Cc1cnc[nH]1)C(=O)NC(Cc1ccc(O)cc1)C(=O)N1CCCC1C(=O)O. The van der Waals surface area contributed by atoms with E-state index in [2.05, 4.69) is 20.6 Å². The number of amides is 3. The molecule has 4 atom stereocenters. The van der Waals surface area contributed by atoms with Gasteiger partial charge in [0.05, 0.1) is 12.4 Å². The zero-order valence-electron chi connectivity index (χ0n) is 20.9. The van der Waals surface area contributed by atoms with Gasteiger partial charge in [0, 0.05) is 31.3 Å². The summed E-state index contributed by atoms with van der Waals surface area (Å²) in [5.74, 6) is -3.01. The third-order valence-corrected chi connectivity index (χ3v) is 6.39. The van der Waals surface area contributed by atoms with E-state index in [1.165, 1.54) is 23.4 Å². The first-order valence-electron chi connectivity index (χ1n) is 12.2. The van der Waals surface area contributed by atoms with Crippen molar-refractivity contribution in [1.29, 1.82) is 0 Å². The van der Waals surface area contributed by atoms with Gasteiger partial charge >= 0.3 is 5.97 Å². The Bertz CT molecular complexity index is 1090. The van der Waals surface area contributed by atoms with Crippen molar-refractivity contribution in [2.45, 2.75) is 63.7 Å². The first-order chi connectivity index (χ1) is 17.6. The van der Waals surface area contributed by atoms with E-state index in [4.69, 9.17) is 5.73 Å². The number of phenolic OH excluding ortho intramolecular Hbond substituents is 1. The number of aromatic nitrogens is 2. The van der Waals surface area contributed by atoms with Gasteiger partial charge in [-0.05, 0) is 36.5 Å². The lowest BCUT2D eigenvalue weighted by Crippen LogP contribution is -2.59. The number of rotatable bonds is 11. The number of carbonyl (C=O) groups is 4. The molecule has 12 heteroatoms. The van der Waals surface area contributed by atoms with Crippen molar-refractivity contribution in [3.63, 3.8) is 0 Å². The Morgan fingerprint density at radius 3 is 2.43 bits per heavy atom. The molecule has 1 fully saturated rings. The van der Waals surface area contributed by atoms with Crippen molar-refractivity contribution in [3.05, 3.63) is 48.0 Å². The summed E-state index contributed by atoms with van der Waals surface area (Å²) in [5.41, 5.74) is 7.35. The van der Waals surface area contributed by atoms with Crippen LogP contribution in [0.15, 0.2) is 36.8 Å². The van der Waals surface area contributed by atoms with Gasteiger partial charge in [0.1, 0.15) is 23.9 Å². The Morgan fingerprint density at radius 2 is 1.84 bits per heavy atom. The summed E-state index contributed by atoms with van der Waals surface area (Å²) in [6, 6.07) is 2.23. The fraction of sp³-hybridized carbons (Fsp3) is 0.480. The van der Waals surface area contributed by atoms with Gasteiger partial charge in [0.15, 0.2) is 0 Å². The molecule has 3 rings (SSSR count). The fourth-order valence-electron chi connectivity index (χ4n) is 4.34. The van der Waals surface area contributed by atoms with Crippen LogP contribution in [0.25, 0.3) is 0 Å². The topological polar surface area (TPSA) is 191 Å². The molecule has 1 aromatic carbocycles. The maximum atomic E-state index is 13.4. The minimum absolute atomic E-state index is 0.0511. The molecule has 0 radical (unpaired) electrons. The van der Waals surface area contributed by atoms with Crippen molar-refractivity contribution in [2.75, 3.05) is 6.54 Å². The van der Waals surface area contributed by atoms with Crippen molar-refractivity contribution < 1.29 is 29.4 Å². The number of H-pyrrole nitrogens is 1. The van der Waals surface area contributed by atoms with Gasteiger partial charge in [0.2, 0.25) is 17.7 Å². The maximum Gasteiger partial charge on any atom is 0.326 e. The quantitative estimate of drug-likeness (QED) is 0.240. The largest absolute Gasteiger partial charge is 0.508 e. The Morgan fingerprint density at radius 1 is 1.14 bits per heavy atom. The molecule has 1 saturated heterocycles. The van der Waals surface area contributed by atoms with E-state index in [9.17, 15) is 29.4 Å². The standard InChI is InChI=1S/C25H34N6O6/c1-14(2)21(30-22(33)18(26)11-16-12-27-13-28-16)23(34)29-19(10-15-5-7-17(32)8-6-15)24(35)31-9-3-4-20(31)25(36)37/h5-8,12-14,18-21,32H,3-4,9-11,26H2,1-2H3,(H,27,28)(H,29,34)(H,30,33)(H,36,37). The molecule has 2 heterocycles. The number of hydrogen-bond acceptors (Lipinski definition) is 7. The summed E-state index contributed by atoms with van der Waals surface area (Å²) in [4.78, 5) is 59.3. The number of aromatic hydroxyl groups is 1. The normalized spacial score (nSPS) is 17.7. The monoisotopic (exact) mass is 514 g/mol. The van der Waals surface area contributed by atoms with E-state index >= 15 is 0 Å². The molecule has 0 bridgehead atoms. The molecule has 4 unspecified atom stereocenters. The number of phenols is 1. The number of carbonyl (C=O) groups excluding carboxylic acids is 3. The minimum Gasteiger partial charge on any atom is -0.508 e. The van der Waals surface area contributed by atoms with Crippen LogP contribution in [0.5, 0.6) is 5.75 Å². The second-order valence-electron chi connectivity index (χ2n) is 9.58. The molecule has 37 heavy (non-hydrogen) atoms. The summed E-state index contributed by atoms with van der Waals surface area (Å²) in [6.45, 7) is 3.77. The third kappa shape index (κ3) is 7.29. The summed E-state index contributed by atoms with van der Waals surface area (Å²) in [6.07, 6.45) is 4.19. The van der Waals surface area contributed by atoms with E-state index in [1.54, 1.807) is 32.2 Å². The van der Waals surface area contributed by atoms with Crippen molar-refractivity contribution in [3.8, 4) is 5.75 Å². The van der Waals surface area contributed by atoms with Gasteiger partial charge < -0.3 is 36.5 Å². The second-order valence-corrected chi connectivity index (χ2v) is 9.58. The number of nitrogens with two attached hydrogens (primary N) is 1. The Hall–Kier alpha value is -3.93. The highest BCUT2D eigenvalue weighted by Gasteiger charge is 2.38. The highest BCUT2D eigenvalue weighted by Crippen LogP contribution is 2.20. The number of benzene rings is 1. The molecule has 2 aromatic rings. The third-order valence-electron chi connectivity index (χ3n) is 6.39. The average molecular weight is 515 g/mol. The number of likely N-dealkylation sites (tertiary alicyclic amines) is 1. The minimum atomic E-state index is -1.10. The number of aliphatic carboxylic acids is 1. The van der Waals surface area contributed by atoms with Crippen molar-refractivity contribution in [2.24, 2.45) is 11.7 Å². The Labute approximate surface area is 214 Å². The predicted octanol–water partition coefficient (Wildman–Crippen LogP) is -0.0710. The summed E-state index contributed by atoms with van der Waals surface area (Å²) in [7, 11) is 0. The number of hydrogen-bond donors (Lipinski definition) is 6. The summed E-state index contributed by atoms with van der Waals surface area (Å²) < 4.78 is 0.